The average Bonchev–Trinajstić information content (AvgIpc) is 2.38. The summed E-state index contributed by atoms with van der Waals surface area (Å²) in [6, 6.07) is 10.3. The fourth-order valence-electron chi connectivity index (χ4n) is 2.76. The molecule has 1 nitrogen and oxygen atoms in total. The molecular weight excluding hydrogens is 220 g/mol. The molecule has 0 bridgehead atoms. The van der Waals surface area contributed by atoms with Gasteiger partial charge in [0.1, 0.15) is 6.29 Å². The monoisotopic (exact) mass is 242 g/mol. The standard InChI is InChI=1S/C17H22O/c1-2-3-4-6-11-15-12-16(17(15)13-18)14-9-7-5-8-10-14/h5,7-10,13,15H,2-4,6,11-12H2,1H3. The number of hydrogen-bond donors (Lipinski definition) is 0. The van der Waals surface area contributed by atoms with Crippen molar-refractivity contribution in [3.63, 3.8) is 0 Å². The molecule has 2 rings (SSSR count). The lowest BCUT2D eigenvalue weighted by atomic mass is 9.73. The Morgan fingerprint density at radius 2 is 1.94 bits per heavy atom. The van der Waals surface area contributed by atoms with Crippen LogP contribution >= 0.6 is 0 Å². The van der Waals surface area contributed by atoms with E-state index >= 15 is 0 Å². The summed E-state index contributed by atoms with van der Waals surface area (Å²) in [5, 5.41) is 0. The lowest BCUT2D eigenvalue weighted by Gasteiger charge is -2.31. The van der Waals surface area contributed by atoms with Gasteiger partial charge in [-0.05, 0) is 35.5 Å². The van der Waals surface area contributed by atoms with Crippen LogP contribution in [0.3, 0.4) is 0 Å². The molecule has 1 unspecified atom stereocenters. The van der Waals surface area contributed by atoms with Crippen molar-refractivity contribution in [2.75, 3.05) is 0 Å². The smallest absolute Gasteiger partial charge is 0.146 e. The zero-order chi connectivity index (χ0) is 12.8. The van der Waals surface area contributed by atoms with E-state index in [0.29, 0.717) is 5.92 Å². The summed E-state index contributed by atoms with van der Waals surface area (Å²) in [4.78, 5) is 11.2. The van der Waals surface area contributed by atoms with Crippen molar-refractivity contribution in [1.29, 1.82) is 0 Å². The Morgan fingerprint density at radius 3 is 2.61 bits per heavy atom. The van der Waals surface area contributed by atoms with E-state index in [1.165, 1.54) is 43.2 Å². The number of allylic oxidation sites excluding steroid dienone is 2. The van der Waals surface area contributed by atoms with Crippen LogP contribution in [0, 0.1) is 5.92 Å². The van der Waals surface area contributed by atoms with E-state index in [0.717, 1.165) is 18.3 Å². The van der Waals surface area contributed by atoms with Gasteiger partial charge in [0.05, 0.1) is 0 Å². The number of hydrogen-bond acceptors (Lipinski definition) is 1. The minimum Gasteiger partial charge on any atom is -0.298 e. The highest BCUT2D eigenvalue weighted by molar-refractivity contribution is 5.93. The molecule has 1 aliphatic carbocycles. The Labute approximate surface area is 110 Å². The van der Waals surface area contributed by atoms with Gasteiger partial charge in [0, 0.05) is 0 Å². The normalized spacial score (nSPS) is 18.6. The topological polar surface area (TPSA) is 17.1 Å². The summed E-state index contributed by atoms with van der Waals surface area (Å²) in [6.07, 6.45) is 8.51. The van der Waals surface area contributed by atoms with Crippen molar-refractivity contribution >= 4 is 11.9 Å². The maximum absolute atomic E-state index is 11.2. The molecule has 0 heterocycles. The summed E-state index contributed by atoms with van der Waals surface area (Å²) in [5.41, 5.74) is 3.55. The lowest BCUT2D eigenvalue weighted by molar-refractivity contribution is -0.105. The summed E-state index contributed by atoms with van der Waals surface area (Å²) >= 11 is 0. The SMILES string of the molecule is CCCCCCC1CC(c2ccccc2)=C1C=O. The number of benzene rings is 1. The van der Waals surface area contributed by atoms with Gasteiger partial charge in [-0.2, -0.15) is 0 Å². The molecular formula is C17H22O. The van der Waals surface area contributed by atoms with Crippen molar-refractivity contribution in [3.05, 3.63) is 41.5 Å². The van der Waals surface area contributed by atoms with Gasteiger partial charge in [0.15, 0.2) is 0 Å². The Balaban J connectivity index is 1.95. The highest BCUT2D eigenvalue weighted by Gasteiger charge is 2.29. The number of aldehydes is 1. The van der Waals surface area contributed by atoms with Crippen molar-refractivity contribution in [2.24, 2.45) is 5.92 Å². The molecule has 0 spiro atoms. The number of carbonyl (C=O) groups is 1. The van der Waals surface area contributed by atoms with E-state index in [2.05, 4.69) is 19.1 Å². The van der Waals surface area contributed by atoms with E-state index in [-0.39, 0.29) is 0 Å². The predicted octanol–water partition coefficient (Wildman–Crippen LogP) is 4.63. The molecule has 0 N–H and O–H groups in total. The molecule has 0 aliphatic heterocycles. The maximum Gasteiger partial charge on any atom is 0.146 e. The molecule has 1 atom stereocenters. The van der Waals surface area contributed by atoms with Crippen molar-refractivity contribution < 1.29 is 4.79 Å². The van der Waals surface area contributed by atoms with Crippen LogP contribution in [-0.2, 0) is 4.79 Å². The number of unbranched alkanes of at least 4 members (excludes halogenated alkanes) is 3. The van der Waals surface area contributed by atoms with Crippen molar-refractivity contribution in [1.82, 2.24) is 0 Å². The lowest BCUT2D eigenvalue weighted by Crippen LogP contribution is -2.19. The summed E-state index contributed by atoms with van der Waals surface area (Å²) in [5.74, 6) is 0.523. The third-order valence-corrected chi connectivity index (χ3v) is 3.89. The van der Waals surface area contributed by atoms with E-state index < -0.39 is 0 Å². The molecule has 1 aromatic rings. The summed E-state index contributed by atoms with van der Waals surface area (Å²) in [6.45, 7) is 2.23. The van der Waals surface area contributed by atoms with Gasteiger partial charge in [-0.3, -0.25) is 4.79 Å². The van der Waals surface area contributed by atoms with E-state index in [4.69, 9.17) is 0 Å². The van der Waals surface area contributed by atoms with Crippen LogP contribution in [0.25, 0.3) is 5.57 Å². The minimum absolute atomic E-state index is 0.523. The molecule has 0 fully saturated rings. The molecule has 0 aromatic heterocycles. The molecule has 0 amide bonds. The quantitative estimate of drug-likeness (QED) is 0.503. The fraction of sp³-hybridized carbons (Fsp3) is 0.471. The van der Waals surface area contributed by atoms with Gasteiger partial charge in [-0.1, -0.05) is 62.9 Å². The fourth-order valence-corrected chi connectivity index (χ4v) is 2.76. The van der Waals surface area contributed by atoms with Crippen LogP contribution in [0.5, 0.6) is 0 Å². The number of carbonyl (C=O) groups excluding carboxylic acids is 1. The average molecular weight is 242 g/mol. The second-order valence-electron chi connectivity index (χ2n) is 5.17. The summed E-state index contributed by atoms with van der Waals surface area (Å²) in [7, 11) is 0. The second kappa shape index (κ2) is 6.53. The molecule has 1 aromatic carbocycles. The highest BCUT2D eigenvalue weighted by Crippen LogP contribution is 2.42. The molecule has 18 heavy (non-hydrogen) atoms. The Kier molecular flexibility index (Phi) is 4.74. The molecule has 96 valence electrons. The zero-order valence-electron chi connectivity index (χ0n) is 11.2. The third-order valence-electron chi connectivity index (χ3n) is 3.89. The van der Waals surface area contributed by atoms with Gasteiger partial charge < -0.3 is 0 Å². The number of rotatable bonds is 7. The van der Waals surface area contributed by atoms with E-state index in [1.807, 2.05) is 18.2 Å². The van der Waals surface area contributed by atoms with Crippen LogP contribution in [0.1, 0.15) is 51.0 Å². The Morgan fingerprint density at radius 1 is 1.17 bits per heavy atom. The minimum atomic E-state index is 0.523. The summed E-state index contributed by atoms with van der Waals surface area (Å²) < 4.78 is 0. The van der Waals surface area contributed by atoms with E-state index in [1.54, 1.807) is 0 Å². The zero-order valence-corrected chi connectivity index (χ0v) is 11.2. The van der Waals surface area contributed by atoms with E-state index in [9.17, 15) is 4.79 Å². The first kappa shape index (κ1) is 13.1. The molecule has 0 saturated heterocycles. The van der Waals surface area contributed by atoms with Crippen LogP contribution in [0.4, 0.5) is 0 Å². The van der Waals surface area contributed by atoms with Crippen molar-refractivity contribution in [2.45, 2.75) is 45.4 Å². The third kappa shape index (κ3) is 2.90. The van der Waals surface area contributed by atoms with Gasteiger partial charge in [-0.25, -0.2) is 0 Å². The first-order valence-electron chi connectivity index (χ1n) is 7.10. The first-order chi connectivity index (χ1) is 8.86. The van der Waals surface area contributed by atoms with Crippen LogP contribution < -0.4 is 0 Å². The van der Waals surface area contributed by atoms with Gasteiger partial charge in [0.2, 0.25) is 0 Å². The molecule has 0 radical (unpaired) electrons. The maximum atomic E-state index is 11.2. The molecule has 1 aliphatic rings. The molecule has 1 heteroatoms. The Bertz CT molecular complexity index is 416. The molecule has 0 saturated carbocycles. The van der Waals surface area contributed by atoms with Crippen molar-refractivity contribution in [3.8, 4) is 0 Å². The largest absolute Gasteiger partial charge is 0.298 e. The van der Waals surface area contributed by atoms with Gasteiger partial charge >= 0.3 is 0 Å². The highest BCUT2D eigenvalue weighted by atomic mass is 16.1. The second-order valence-corrected chi connectivity index (χ2v) is 5.17. The van der Waals surface area contributed by atoms with Crippen LogP contribution in [0.15, 0.2) is 35.9 Å². The van der Waals surface area contributed by atoms with Gasteiger partial charge in [0.25, 0.3) is 0 Å². The van der Waals surface area contributed by atoms with Gasteiger partial charge in [-0.15, -0.1) is 0 Å². The van der Waals surface area contributed by atoms with Crippen LogP contribution in [0.2, 0.25) is 0 Å². The predicted molar refractivity (Wildman–Crippen MR) is 76.3 cm³/mol. The van der Waals surface area contributed by atoms with Crippen LogP contribution in [-0.4, -0.2) is 6.29 Å². The first-order valence-corrected chi connectivity index (χ1v) is 7.10. The Hall–Kier alpha value is -1.37.